The second-order valence-corrected chi connectivity index (χ2v) is 7.62. The van der Waals surface area contributed by atoms with Gasteiger partial charge in [0.25, 0.3) is 0 Å². The molecule has 0 aliphatic carbocycles. The topological polar surface area (TPSA) is 52.1 Å². The molecule has 1 aromatic rings. The van der Waals surface area contributed by atoms with E-state index in [1.165, 1.54) is 5.69 Å². The molecule has 0 radical (unpaired) electrons. The monoisotopic (exact) mass is 553 g/mol. The van der Waals surface area contributed by atoms with Crippen molar-refractivity contribution >= 4 is 51.6 Å². The number of methoxy groups -OCH3 is 1. The highest BCUT2D eigenvalue weighted by atomic mass is 127. The van der Waals surface area contributed by atoms with Gasteiger partial charge in [-0.1, -0.05) is 15.9 Å². The zero-order chi connectivity index (χ0) is 18.8. The second-order valence-electron chi connectivity index (χ2n) is 6.70. The molecule has 0 amide bonds. The molecule has 1 atom stereocenters. The van der Waals surface area contributed by atoms with Gasteiger partial charge < -0.3 is 25.2 Å². The molecule has 1 heterocycles. The molecule has 1 saturated heterocycles. The van der Waals surface area contributed by atoms with E-state index in [2.05, 4.69) is 72.7 Å². The van der Waals surface area contributed by atoms with Gasteiger partial charge in [0.2, 0.25) is 0 Å². The number of likely N-dealkylation sites (N-methyl/N-ethyl adjacent to an activating group) is 1. The summed E-state index contributed by atoms with van der Waals surface area (Å²) < 4.78 is 6.22. The van der Waals surface area contributed by atoms with Gasteiger partial charge in [-0.15, -0.1) is 24.0 Å². The van der Waals surface area contributed by atoms with Gasteiger partial charge in [0.05, 0.1) is 6.61 Å². The van der Waals surface area contributed by atoms with Gasteiger partial charge in [0.15, 0.2) is 5.96 Å². The number of nitrogens with zero attached hydrogens (tertiary/aromatic N) is 3. The van der Waals surface area contributed by atoms with E-state index in [0.717, 1.165) is 62.6 Å². The maximum absolute atomic E-state index is 5.10. The summed E-state index contributed by atoms with van der Waals surface area (Å²) in [4.78, 5) is 9.07. The quantitative estimate of drug-likeness (QED) is 0.213. The number of halogens is 2. The molecule has 154 valence electrons. The first-order valence-corrected chi connectivity index (χ1v) is 10.1. The molecular weight excluding hydrogens is 521 g/mol. The lowest BCUT2D eigenvalue weighted by Gasteiger charge is -2.21. The number of aliphatic imine (C=N–C) groups is 1. The number of rotatable bonds is 9. The highest BCUT2D eigenvalue weighted by Gasteiger charge is 2.23. The molecule has 1 aliphatic rings. The van der Waals surface area contributed by atoms with Crippen LogP contribution in [-0.2, 0) is 4.74 Å². The predicted octanol–water partition coefficient (Wildman–Crippen LogP) is 2.78. The van der Waals surface area contributed by atoms with Crippen molar-refractivity contribution < 1.29 is 4.74 Å². The maximum atomic E-state index is 5.10. The lowest BCUT2D eigenvalue weighted by Crippen LogP contribution is -2.45. The van der Waals surface area contributed by atoms with E-state index in [9.17, 15) is 0 Å². The van der Waals surface area contributed by atoms with Crippen LogP contribution in [0.15, 0.2) is 33.7 Å². The Bertz CT molecular complexity index is 558. The summed E-state index contributed by atoms with van der Waals surface area (Å²) in [6.07, 6.45) is 2.20. The van der Waals surface area contributed by atoms with Gasteiger partial charge in [-0.25, -0.2) is 0 Å². The van der Waals surface area contributed by atoms with Gasteiger partial charge in [-0.3, -0.25) is 4.99 Å². The van der Waals surface area contributed by atoms with Crippen molar-refractivity contribution in [3.63, 3.8) is 0 Å². The summed E-state index contributed by atoms with van der Waals surface area (Å²) in [6, 6.07) is 8.95. The highest BCUT2D eigenvalue weighted by Crippen LogP contribution is 2.22. The minimum absolute atomic E-state index is 0. The first kappa shape index (κ1) is 24.5. The Morgan fingerprint density at radius 3 is 2.74 bits per heavy atom. The molecule has 1 unspecified atom stereocenters. The molecule has 0 bridgehead atoms. The fraction of sp³-hybridized carbons (Fsp3) is 0.632. The third-order valence-electron chi connectivity index (χ3n) is 4.63. The van der Waals surface area contributed by atoms with Gasteiger partial charge in [0, 0.05) is 56.5 Å². The van der Waals surface area contributed by atoms with E-state index < -0.39 is 0 Å². The molecule has 0 spiro atoms. The summed E-state index contributed by atoms with van der Waals surface area (Å²) in [7, 11) is 5.70. The molecule has 1 aliphatic heterocycles. The van der Waals surface area contributed by atoms with Crippen LogP contribution in [0.25, 0.3) is 0 Å². The number of benzene rings is 1. The van der Waals surface area contributed by atoms with Gasteiger partial charge in [-0.2, -0.15) is 0 Å². The van der Waals surface area contributed by atoms with E-state index in [0.29, 0.717) is 6.04 Å². The average molecular weight is 554 g/mol. The molecule has 2 rings (SSSR count). The minimum atomic E-state index is 0. The van der Waals surface area contributed by atoms with Crippen LogP contribution in [0, 0.1) is 0 Å². The summed E-state index contributed by atoms with van der Waals surface area (Å²) in [6.45, 7) is 5.79. The molecular formula is C19H33BrIN5O. The van der Waals surface area contributed by atoms with Crippen LogP contribution in [0.1, 0.15) is 12.8 Å². The van der Waals surface area contributed by atoms with Gasteiger partial charge >= 0.3 is 0 Å². The molecule has 8 heteroatoms. The molecule has 27 heavy (non-hydrogen) atoms. The zero-order valence-corrected chi connectivity index (χ0v) is 20.5. The summed E-state index contributed by atoms with van der Waals surface area (Å²) >= 11 is 3.49. The maximum Gasteiger partial charge on any atom is 0.191 e. The number of hydrogen-bond donors (Lipinski definition) is 2. The van der Waals surface area contributed by atoms with Crippen LogP contribution < -0.4 is 15.5 Å². The van der Waals surface area contributed by atoms with E-state index in [1.54, 1.807) is 7.11 Å². The van der Waals surface area contributed by atoms with Crippen molar-refractivity contribution in [1.29, 1.82) is 0 Å². The zero-order valence-electron chi connectivity index (χ0n) is 16.6. The lowest BCUT2D eigenvalue weighted by atomic mass is 10.2. The second kappa shape index (κ2) is 13.6. The van der Waals surface area contributed by atoms with E-state index in [-0.39, 0.29) is 24.0 Å². The van der Waals surface area contributed by atoms with Gasteiger partial charge in [0.1, 0.15) is 0 Å². The van der Waals surface area contributed by atoms with E-state index in [4.69, 9.17) is 4.74 Å². The Balaban J connectivity index is 0.00000364. The molecule has 1 fully saturated rings. The number of hydrogen-bond acceptors (Lipinski definition) is 4. The predicted molar refractivity (Wildman–Crippen MR) is 129 cm³/mol. The summed E-state index contributed by atoms with van der Waals surface area (Å²) in [5.74, 6) is 0.896. The van der Waals surface area contributed by atoms with Crippen molar-refractivity contribution in [2.45, 2.75) is 18.9 Å². The molecule has 0 aromatic heterocycles. The number of ether oxygens (including phenoxy) is 1. The smallest absolute Gasteiger partial charge is 0.191 e. The fourth-order valence-corrected chi connectivity index (χ4v) is 3.33. The Morgan fingerprint density at radius 1 is 1.33 bits per heavy atom. The van der Waals surface area contributed by atoms with Crippen LogP contribution in [0.5, 0.6) is 0 Å². The van der Waals surface area contributed by atoms with Crippen LogP contribution in [-0.4, -0.2) is 77.4 Å². The van der Waals surface area contributed by atoms with Crippen molar-refractivity contribution in [1.82, 2.24) is 15.5 Å². The molecule has 0 saturated carbocycles. The standard InChI is InChI=1S/C19H32BrN5O.HI/c1-21-19(22-10-4-11-24(2)13-14-26-3)23-17-9-12-25(15-17)18-7-5-16(20)6-8-18;/h5-8,17H,4,9-15H2,1-3H3,(H2,21,22,23);1H. The van der Waals surface area contributed by atoms with Crippen molar-refractivity contribution in [2.75, 3.05) is 65.4 Å². The van der Waals surface area contributed by atoms with Crippen molar-refractivity contribution in [3.05, 3.63) is 28.7 Å². The van der Waals surface area contributed by atoms with E-state index in [1.807, 2.05) is 7.05 Å². The van der Waals surface area contributed by atoms with E-state index >= 15 is 0 Å². The Kier molecular flexibility index (Phi) is 12.3. The van der Waals surface area contributed by atoms with Crippen molar-refractivity contribution in [2.24, 2.45) is 4.99 Å². The molecule has 6 nitrogen and oxygen atoms in total. The summed E-state index contributed by atoms with van der Waals surface area (Å²) in [5.41, 5.74) is 1.28. The lowest BCUT2D eigenvalue weighted by molar-refractivity contribution is 0.161. The Labute approximate surface area is 189 Å². The third-order valence-corrected chi connectivity index (χ3v) is 5.16. The number of anilines is 1. The van der Waals surface area contributed by atoms with Crippen LogP contribution in [0.3, 0.4) is 0 Å². The first-order chi connectivity index (χ1) is 12.6. The highest BCUT2D eigenvalue weighted by molar-refractivity contribution is 14.0. The first-order valence-electron chi connectivity index (χ1n) is 9.27. The largest absolute Gasteiger partial charge is 0.383 e. The van der Waals surface area contributed by atoms with Crippen LogP contribution >= 0.6 is 39.9 Å². The normalized spacial score (nSPS) is 17.1. The number of guanidine groups is 1. The summed E-state index contributed by atoms with van der Waals surface area (Å²) in [5, 5.41) is 6.98. The molecule has 2 N–H and O–H groups in total. The minimum Gasteiger partial charge on any atom is -0.383 e. The van der Waals surface area contributed by atoms with Crippen molar-refractivity contribution in [3.8, 4) is 0 Å². The van der Waals surface area contributed by atoms with Crippen LogP contribution in [0.4, 0.5) is 5.69 Å². The third kappa shape index (κ3) is 8.97. The SMILES string of the molecule is CN=C(NCCCN(C)CCOC)NC1CCN(c2ccc(Br)cc2)C1.I. The number of nitrogens with one attached hydrogen (secondary N) is 2. The fourth-order valence-electron chi connectivity index (χ4n) is 3.07. The van der Waals surface area contributed by atoms with Gasteiger partial charge in [-0.05, 0) is 50.7 Å². The Hall–Kier alpha value is -0.580. The molecule has 1 aromatic carbocycles. The Morgan fingerprint density at radius 2 is 2.07 bits per heavy atom. The average Bonchev–Trinajstić information content (AvgIpc) is 3.11. The van der Waals surface area contributed by atoms with Crippen LogP contribution in [0.2, 0.25) is 0 Å².